The van der Waals surface area contributed by atoms with Gasteiger partial charge in [0.15, 0.2) is 0 Å². The number of allylic oxidation sites excluding steroid dienone is 4. The summed E-state index contributed by atoms with van der Waals surface area (Å²) in [6.45, 7) is 5.88. The smallest absolute Gasteiger partial charge is 0.351 e. The molecule has 0 N–H and O–H groups in total. The van der Waals surface area contributed by atoms with E-state index in [1.807, 2.05) is 0 Å². The third-order valence-corrected chi connectivity index (χ3v) is 2.58. The van der Waals surface area contributed by atoms with E-state index in [0.29, 0.717) is 0 Å². The Morgan fingerprint density at radius 1 is 1.26 bits per heavy atom. The predicted molar refractivity (Wildman–Crippen MR) is 83.4 cm³/mol. The van der Waals surface area contributed by atoms with Gasteiger partial charge in [0.25, 0.3) is 11.4 Å². The van der Waals surface area contributed by atoms with Crippen molar-refractivity contribution < 1.29 is 19.4 Å². The van der Waals surface area contributed by atoms with Gasteiger partial charge in [0, 0.05) is 21.0 Å². The molecule has 0 aromatic heterocycles. The van der Waals surface area contributed by atoms with Crippen molar-refractivity contribution in [1.82, 2.24) is 4.90 Å². The van der Waals surface area contributed by atoms with Gasteiger partial charge in [-0.05, 0) is 19.2 Å². The first kappa shape index (κ1) is 20.0. The molecule has 0 aliphatic heterocycles. The molecule has 126 valence electrons. The number of rotatable bonds is 8. The van der Waals surface area contributed by atoms with Crippen LogP contribution in [-0.2, 0) is 9.53 Å². The van der Waals surface area contributed by atoms with Crippen LogP contribution in [0.5, 0.6) is 0 Å². The van der Waals surface area contributed by atoms with Crippen molar-refractivity contribution in [3.63, 3.8) is 0 Å². The van der Waals surface area contributed by atoms with Gasteiger partial charge in [0.05, 0.1) is 22.0 Å². The molecular formula is C14H19N3O6. The van der Waals surface area contributed by atoms with Crippen molar-refractivity contribution in [1.29, 1.82) is 0 Å². The standard InChI is InChI=1S/C14H19N3O6/c1-6-11(8-9-15(4)5)13(17(21)22)12(10(3)16(19)20)14(18)23-7-2/h6,8-9H,1,7H2,2-5H3/b9-8+,12-10-,13-11-. The fraction of sp³-hybridized carbons (Fsp3) is 0.357. The monoisotopic (exact) mass is 325 g/mol. The molecule has 0 fully saturated rings. The normalized spacial score (nSPS) is 13.0. The lowest BCUT2D eigenvalue weighted by Crippen LogP contribution is -2.19. The van der Waals surface area contributed by atoms with Gasteiger partial charge in [-0.15, -0.1) is 0 Å². The van der Waals surface area contributed by atoms with Crippen molar-refractivity contribution in [2.24, 2.45) is 0 Å². The summed E-state index contributed by atoms with van der Waals surface area (Å²) in [5, 5.41) is 22.4. The van der Waals surface area contributed by atoms with E-state index in [1.165, 1.54) is 19.2 Å². The van der Waals surface area contributed by atoms with Gasteiger partial charge in [0.1, 0.15) is 0 Å². The zero-order valence-electron chi connectivity index (χ0n) is 13.4. The Morgan fingerprint density at radius 2 is 1.83 bits per heavy atom. The Kier molecular flexibility index (Phi) is 7.95. The average Bonchev–Trinajstić information content (AvgIpc) is 2.45. The van der Waals surface area contributed by atoms with Gasteiger partial charge in [-0.3, -0.25) is 20.2 Å². The molecule has 0 heterocycles. The van der Waals surface area contributed by atoms with E-state index in [0.717, 1.165) is 13.0 Å². The molecule has 0 unspecified atom stereocenters. The zero-order chi connectivity index (χ0) is 18.2. The molecular weight excluding hydrogens is 306 g/mol. The van der Waals surface area contributed by atoms with Crippen LogP contribution in [0.3, 0.4) is 0 Å². The van der Waals surface area contributed by atoms with Crippen molar-refractivity contribution in [2.45, 2.75) is 13.8 Å². The fourth-order valence-electron chi connectivity index (χ4n) is 1.52. The Labute approximate surface area is 133 Å². The Morgan fingerprint density at radius 3 is 2.17 bits per heavy atom. The SMILES string of the molecule is C=CC(/C=C/N(C)C)=C(\C(C(=O)OCC)=C(/C)[N+](=O)[O-])[N+](=O)[O-]. The molecule has 0 amide bonds. The maximum atomic E-state index is 12.0. The van der Waals surface area contributed by atoms with Crippen LogP contribution in [0.15, 0.2) is 47.5 Å². The lowest BCUT2D eigenvalue weighted by Gasteiger charge is -2.08. The van der Waals surface area contributed by atoms with Gasteiger partial charge in [0.2, 0.25) is 5.57 Å². The van der Waals surface area contributed by atoms with Crippen LogP contribution < -0.4 is 0 Å². The lowest BCUT2D eigenvalue weighted by molar-refractivity contribution is -0.436. The molecule has 0 spiro atoms. The number of carbonyl (C=O) groups excluding carboxylic acids is 1. The molecule has 0 radical (unpaired) electrons. The maximum Gasteiger partial charge on any atom is 0.351 e. The number of nitrogens with zero attached hydrogens (tertiary/aromatic N) is 3. The van der Waals surface area contributed by atoms with Crippen LogP contribution in [-0.4, -0.2) is 41.4 Å². The van der Waals surface area contributed by atoms with Gasteiger partial charge >= 0.3 is 5.97 Å². The van der Waals surface area contributed by atoms with E-state index in [4.69, 9.17) is 4.74 Å². The lowest BCUT2D eigenvalue weighted by atomic mass is 10.0. The summed E-state index contributed by atoms with van der Waals surface area (Å²) in [4.78, 5) is 34.3. The van der Waals surface area contributed by atoms with Crippen LogP contribution in [0.1, 0.15) is 13.8 Å². The number of ether oxygens (including phenoxy) is 1. The topological polar surface area (TPSA) is 116 Å². The molecule has 0 rings (SSSR count). The van der Waals surface area contributed by atoms with Crippen LogP contribution in [0.25, 0.3) is 0 Å². The van der Waals surface area contributed by atoms with E-state index in [2.05, 4.69) is 6.58 Å². The summed E-state index contributed by atoms with van der Waals surface area (Å²) >= 11 is 0. The molecule has 0 aromatic carbocycles. The highest BCUT2D eigenvalue weighted by Gasteiger charge is 2.35. The van der Waals surface area contributed by atoms with Crippen molar-refractivity contribution in [2.75, 3.05) is 20.7 Å². The largest absolute Gasteiger partial charge is 0.462 e. The summed E-state index contributed by atoms with van der Waals surface area (Å²) in [6, 6.07) is 0. The Hall–Kier alpha value is -2.97. The van der Waals surface area contributed by atoms with Crippen molar-refractivity contribution in [3.8, 4) is 0 Å². The van der Waals surface area contributed by atoms with Crippen LogP contribution in [0.4, 0.5) is 0 Å². The van der Waals surface area contributed by atoms with Crippen LogP contribution in [0.2, 0.25) is 0 Å². The van der Waals surface area contributed by atoms with Gasteiger partial charge in [-0.2, -0.15) is 0 Å². The first-order valence-corrected chi connectivity index (χ1v) is 6.55. The molecule has 0 aliphatic carbocycles. The third kappa shape index (κ3) is 5.73. The molecule has 0 aliphatic rings. The van der Waals surface area contributed by atoms with Crippen molar-refractivity contribution in [3.05, 3.63) is 67.7 Å². The second-order valence-electron chi connectivity index (χ2n) is 4.48. The molecule has 0 bridgehead atoms. The second-order valence-corrected chi connectivity index (χ2v) is 4.48. The molecule has 9 heteroatoms. The third-order valence-electron chi connectivity index (χ3n) is 2.58. The minimum absolute atomic E-state index is 0.0482. The maximum absolute atomic E-state index is 12.0. The number of nitro groups is 2. The molecule has 9 nitrogen and oxygen atoms in total. The van der Waals surface area contributed by atoms with E-state index in [1.54, 1.807) is 19.0 Å². The highest BCUT2D eigenvalue weighted by atomic mass is 16.6. The Balaban J connectivity index is 6.57. The predicted octanol–water partition coefficient (Wildman–Crippen LogP) is 1.89. The summed E-state index contributed by atoms with van der Waals surface area (Å²) in [6.07, 6.45) is 3.97. The average molecular weight is 325 g/mol. The molecule has 0 saturated heterocycles. The molecule has 23 heavy (non-hydrogen) atoms. The minimum Gasteiger partial charge on any atom is -0.462 e. The highest BCUT2D eigenvalue weighted by molar-refractivity contribution is 5.93. The molecule has 0 aromatic rings. The van der Waals surface area contributed by atoms with Crippen LogP contribution >= 0.6 is 0 Å². The summed E-state index contributed by atoms with van der Waals surface area (Å²) in [7, 11) is 3.38. The van der Waals surface area contributed by atoms with E-state index >= 15 is 0 Å². The van der Waals surface area contributed by atoms with E-state index in [-0.39, 0.29) is 12.2 Å². The summed E-state index contributed by atoms with van der Waals surface area (Å²) in [5.41, 5.74) is -2.16. The summed E-state index contributed by atoms with van der Waals surface area (Å²) < 4.78 is 4.72. The van der Waals surface area contributed by atoms with Gasteiger partial charge in [-0.1, -0.05) is 12.7 Å². The van der Waals surface area contributed by atoms with Crippen LogP contribution in [0, 0.1) is 20.2 Å². The number of carbonyl (C=O) groups is 1. The highest BCUT2D eigenvalue weighted by Crippen LogP contribution is 2.23. The summed E-state index contributed by atoms with van der Waals surface area (Å²) in [5.74, 6) is -1.13. The molecule has 0 saturated carbocycles. The molecule has 0 atom stereocenters. The van der Waals surface area contributed by atoms with E-state index < -0.39 is 32.8 Å². The Bertz CT molecular complexity index is 602. The second kappa shape index (κ2) is 9.13. The fourth-order valence-corrected chi connectivity index (χ4v) is 1.52. The minimum atomic E-state index is -1.13. The van der Waals surface area contributed by atoms with Gasteiger partial charge in [-0.25, -0.2) is 4.79 Å². The quantitative estimate of drug-likeness (QED) is 0.220. The number of hydrogen-bond donors (Lipinski definition) is 0. The van der Waals surface area contributed by atoms with E-state index in [9.17, 15) is 25.0 Å². The van der Waals surface area contributed by atoms with Crippen molar-refractivity contribution >= 4 is 5.97 Å². The number of esters is 1. The van der Waals surface area contributed by atoms with Gasteiger partial charge < -0.3 is 9.64 Å². The first-order chi connectivity index (χ1) is 10.7. The first-order valence-electron chi connectivity index (χ1n) is 6.55. The zero-order valence-corrected chi connectivity index (χ0v) is 13.4. The number of hydrogen-bond acceptors (Lipinski definition) is 7.